The van der Waals surface area contributed by atoms with Gasteiger partial charge in [0.2, 0.25) is 0 Å². The second-order valence-electron chi connectivity index (χ2n) is 3.88. The van der Waals surface area contributed by atoms with Crippen molar-refractivity contribution in [2.24, 2.45) is 0 Å². The summed E-state index contributed by atoms with van der Waals surface area (Å²) in [5.74, 6) is 0. The Morgan fingerprint density at radius 2 is 1.74 bits per heavy atom. The zero-order chi connectivity index (χ0) is 13.7. The highest BCUT2D eigenvalue weighted by atomic mass is 35.5. The Morgan fingerprint density at radius 1 is 1.00 bits per heavy atom. The van der Waals surface area contributed by atoms with Gasteiger partial charge in [-0.3, -0.25) is 0 Å². The average Bonchev–Trinajstić information content (AvgIpc) is 2.45. The van der Waals surface area contributed by atoms with Gasteiger partial charge in [-0.2, -0.15) is 10.5 Å². The Morgan fingerprint density at radius 3 is 2.42 bits per heavy atom. The Bertz CT molecular complexity index is 702. The largest absolute Gasteiger partial charge is 0.192 e. The fourth-order valence-corrected chi connectivity index (χ4v) is 1.98. The van der Waals surface area contributed by atoms with Gasteiger partial charge in [0.15, 0.2) is 0 Å². The maximum atomic E-state index is 8.83. The molecule has 0 saturated heterocycles. The second kappa shape index (κ2) is 5.87. The van der Waals surface area contributed by atoms with Gasteiger partial charge in [-0.1, -0.05) is 48.0 Å². The molecule has 0 atom stereocenters. The van der Waals surface area contributed by atoms with Gasteiger partial charge in [0.05, 0.1) is 0 Å². The smallest absolute Gasteiger partial charge is 0.130 e. The molecule has 2 aromatic rings. The van der Waals surface area contributed by atoms with Gasteiger partial charge in [0.1, 0.15) is 17.7 Å². The predicted molar refractivity (Wildman–Crippen MR) is 76.1 cm³/mol. The van der Waals surface area contributed by atoms with E-state index in [1.54, 1.807) is 12.1 Å². The lowest BCUT2D eigenvalue weighted by Crippen LogP contribution is -1.84. The van der Waals surface area contributed by atoms with E-state index in [9.17, 15) is 0 Å². The van der Waals surface area contributed by atoms with Crippen molar-refractivity contribution >= 4 is 17.7 Å². The fraction of sp³-hybridized carbons (Fsp3) is 0. The highest BCUT2D eigenvalue weighted by Gasteiger charge is 2.04. The van der Waals surface area contributed by atoms with E-state index in [0.717, 1.165) is 16.7 Å². The summed E-state index contributed by atoms with van der Waals surface area (Å²) in [5.41, 5.74) is 2.79. The zero-order valence-corrected chi connectivity index (χ0v) is 10.7. The fourth-order valence-electron chi connectivity index (χ4n) is 1.79. The van der Waals surface area contributed by atoms with Gasteiger partial charge in [0, 0.05) is 5.02 Å². The van der Waals surface area contributed by atoms with Crippen LogP contribution < -0.4 is 0 Å². The highest BCUT2D eigenvalue weighted by Crippen LogP contribution is 2.27. The number of nitrogens with zero attached hydrogens (tertiary/aromatic N) is 2. The van der Waals surface area contributed by atoms with E-state index >= 15 is 0 Å². The third kappa shape index (κ3) is 3.01. The van der Waals surface area contributed by atoms with Crippen LogP contribution in [-0.2, 0) is 0 Å². The molecule has 0 radical (unpaired) electrons. The summed E-state index contributed by atoms with van der Waals surface area (Å²) >= 11 is 5.99. The minimum atomic E-state index is 0.0782. The van der Waals surface area contributed by atoms with E-state index in [-0.39, 0.29) is 5.57 Å². The van der Waals surface area contributed by atoms with Crippen LogP contribution in [0.2, 0.25) is 5.02 Å². The molecule has 2 rings (SSSR count). The van der Waals surface area contributed by atoms with Crippen molar-refractivity contribution in [3.8, 4) is 23.3 Å². The SMILES string of the molecule is N#CC(C#N)=Cc1ccccc1-c1cccc(Cl)c1. The minimum Gasteiger partial charge on any atom is -0.192 e. The first-order valence-electron chi connectivity index (χ1n) is 5.61. The Hall–Kier alpha value is -2.55. The molecule has 0 aromatic heterocycles. The molecule has 0 N–H and O–H groups in total. The van der Waals surface area contributed by atoms with Crippen LogP contribution in [0.1, 0.15) is 5.56 Å². The molecule has 0 fully saturated rings. The maximum Gasteiger partial charge on any atom is 0.130 e. The van der Waals surface area contributed by atoms with E-state index in [4.69, 9.17) is 22.1 Å². The lowest BCUT2D eigenvalue weighted by Gasteiger charge is -2.06. The van der Waals surface area contributed by atoms with Gasteiger partial charge in [0.25, 0.3) is 0 Å². The van der Waals surface area contributed by atoms with Crippen molar-refractivity contribution in [1.29, 1.82) is 10.5 Å². The first-order chi connectivity index (χ1) is 9.24. The first-order valence-corrected chi connectivity index (χ1v) is 5.99. The molecule has 0 heterocycles. The van der Waals surface area contributed by atoms with Gasteiger partial charge < -0.3 is 0 Å². The van der Waals surface area contributed by atoms with Crippen LogP contribution in [0.5, 0.6) is 0 Å². The van der Waals surface area contributed by atoms with Crippen molar-refractivity contribution in [3.05, 3.63) is 64.7 Å². The van der Waals surface area contributed by atoms with Crippen molar-refractivity contribution in [2.75, 3.05) is 0 Å². The quantitative estimate of drug-likeness (QED) is 0.753. The zero-order valence-electron chi connectivity index (χ0n) is 9.97. The number of allylic oxidation sites excluding steroid dienone is 1. The van der Waals surface area contributed by atoms with Crippen molar-refractivity contribution < 1.29 is 0 Å². The third-order valence-electron chi connectivity index (χ3n) is 2.64. The summed E-state index contributed by atoms with van der Waals surface area (Å²) in [6.45, 7) is 0. The van der Waals surface area contributed by atoms with Crippen molar-refractivity contribution in [1.82, 2.24) is 0 Å². The standard InChI is InChI=1S/C16H9ClN2/c17-15-6-3-5-14(9-15)16-7-2-1-4-13(16)8-12(10-18)11-19/h1-9H. The van der Waals surface area contributed by atoms with Crippen molar-refractivity contribution in [2.45, 2.75) is 0 Å². The number of halogens is 1. The topological polar surface area (TPSA) is 47.6 Å². The van der Waals surface area contributed by atoms with E-state index in [0.29, 0.717) is 5.02 Å². The molecule has 0 saturated carbocycles. The molecule has 0 aliphatic rings. The van der Waals surface area contributed by atoms with Crippen LogP contribution in [-0.4, -0.2) is 0 Å². The molecule has 0 aliphatic heterocycles. The molecular formula is C16H9ClN2. The van der Waals surface area contributed by atoms with Gasteiger partial charge in [-0.25, -0.2) is 0 Å². The van der Waals surface area contributed by atoms with Crippen LogP contribution in [0.25, 0.3) is 17.2 Å². The summed E-state index contributed by atoms with van der Waals surface area (Å²) < 4.78 is 0. The van der Waals surface area contributed by atoms with E-state index in [1.165, 1.54) is 0 Å². The number of benzene rings is 2. The van der Waals surface area contributed by atoms with Gasteiger partial charge >= 0.3 is 0 Å². The molecule has 0 bridgehead atoms. The van der Waals surface area contributed by atoms with Crippen LogP contribution in [0.3, 0.4) is 0 Å². The maximum absolute atomic E-state index is 8.83. The van der Waals surface area contributed by atoms with Gasteiger partial charge in [-0.15, -0.1) is 0 Å². The molecule has 2 nitrogen and oxygen atoms in total. The second-order valence-corrected chi connectivity index (χ2v) is 4.32. The summed E-state index contributed by atoms with van der Waals surface area (Å²) in [6.07, 6.45) is 1.58. The van der Waals surface area contributed by atoms with E-state index < -0.39 is 0 Å². The third-order valence-corrected chi connectivity index (χ3v) is 2.87. The predicted octanol–water partition coefficient (Wildman–Crippen LogP) is 4.44. The molecule has 3 heteroatoms. The van der Waals surface area contributed by atoms with Crippen LogP contribution in [0.4, 0.5) is 0 Å². The summed E-state index contributed by atoms with van der Waals surface area (Å²) in [4.78, 5) is 0. The monoisotopic (exact) mass is 264 g/mol. The lowest BCUT2D eigenvalue weighted by atomic mass is 9.98. The Labute approximate surface area is 116 Å². The number of rotatable bonds is 2. The lowest BCUT2D eigenvalue weighted by molar-refractivity contribution is 1.47. The first kappa shape index (κ1) is 12.9. The summed E-state index contributed by atoms with van der Waals surface area (Å²) in [7, 11) is 0. The normalized spacial score (nSPS) is 9.21. The van der Waals surface area contributed by atoms with Gasteiger partial charge in [-0.05, 0) is 34.9 Å². The van der Waals surface area contributed by atoms with E-state index in [1.807, 2.05) is 54.6 Å². The Balaban J connectivity index is 2.58. The van der Waals surface area contributed by atoms with Crippen molar-refractivity contribution in [3.63, 3.8) is 0 Å². The molecule has 2 aromatic carbocycles. The average molecular weight is 265 g/mol. The van der Waals surface area contributed by atoms with E-state index in [2.05, 4.69) is 0 Å². The van der Waals surface area contributed by atoms with Crippen LogP contribution in [0, 0.1) is 22.7 Å². The molecule has 0 unspecified atom stereocenters. The molecule has 19 heavy (non-hydrogen) atoms. The minimum absolute atomic E-state index is 0.0782. The number of nitriles is 2. The number of hydrogen-bond acceptors (Lipinski definition) is 2. The van der Waals surface area contributed by atoms with Crippen LogP contribution in [0.15, 0.2) is 54.1 Å². The molecule has 0 aliphatic carbocycles. The summed E-state index contributed by atoms with van der Waals surface area (Å²) in [5, 5.41) is 18.3. The molecular weight excluding hydrogens is 256 g/mol. The summed E-state index contributed by atoms with van der Waals surface area (Å²) in [6, 6.07) is 18.8. The number of hydrogen-bond donors (Lipinski definition) is 0. The highest BCUT2D eigenvalue weighted by molar-refractivity contribution is 6.30. The molecule has 0 spiro atoms. The molecule has 0 amide bonds. The Kier molecular flexibility index (Phi) is 3.98. The molecule has 90 valence electrons. The van der Waals surface area contributed by atoms with Crippen LogP contribution >= 0.6 is 11.6 Å².